The van der Waals surface area contributed by atoms with Crippen LogP contribution in [-0.4, -0.2) is 70.7 Å². The number of phosphoric acid groups is 1. The molecule has 0 aromatic heterocycles. The summed E-state index contributed by atoms with van der Waals surface area (Å²) in [7, 11) is 1.35. The van der Waals surface area contributed by atoms with Crippen molar-refractivity contribution in [2.24, 2.45) is 0 Å². The highest BCUT2D eigenvalue weighted by atomic mass is 31.2. The molecule has 58 heavy (non-hydrogen) atoms. The molecule has 0 aliphatic heterocycles. The van der Waals surface area contributed by atoms with E-state index in [4.69, 9.17) is 18.5 Å². The smallest absolute Gasteiger partial charge is 0.306 e. The van der Waals surface area contributed by atoms with Crippen LogP contribution in [0.1, 0.15) is 187 Å². The van der Waals surface area contributed by atoms with Crippen molar-refractivity contribution in [3.8, 4) is 0 Å². The van der Waals surface area contributed by atoms with Gasteiger partial charge in [0.2, 0.25) is 0 Å². The van der Waals surface area contributed by atoms with Crippen molar-refractivity contribution in [1.82, 2.24) is 0 Å². The van der Waals surface area contributed by atoms with E-state index < -0.39 is 13.9 Å². The Kier molecular flexibility index (Phi) is 40.6. The number of likely N-dealkylation sites (N-methyl/N-ethyl adjacent to an activating group) is 1. The number of nitrogens with zero attached hydrogens (tertiary/aromatic N) is 1. The Balaban J connectivity index is 4.13. The molecule has 0 rings (SSSR count). The second kappa shape index (κ2) is 41.9. The highest BCUT2D eigenvalue weighted by Crippen LogP contribution is 2.38. The summed E-state index contributed by atoms with van der Waals surface area (Å²) < 4.78 is 34.6. The van der Waals surface area contributed by atoms with Crippen molar-refractivity contribution < 1.29 is 37.3 Å². The average molecular weight is 836 g/mol. The van der Waals surface area contributed by atoms with Crippen LogP contribution in [0.5, 0.6) is 0 Å². The van der Waals surface area contributed by atoms with Crippen LogP contribution in [0, 0.1) is 0 Å². The molecule has 0 aliphatic carbocycles. The van der Waals surface area contributed by atoms with Crippen LogP contribution in [0.15, 0.2) is 60.8 Å². The summed E-state index contributed by atoms with van der Waals surface area (Å²) in [6, 6.07) is 0. The number of carbonyl (C=O) groups is 1. The van der Waals surface area contributed by atoms with E-state index in [0.29, 0.717) is 24.1 Å². The van der Waals surface area contributed by atoms with Gasteiger partial charge in [0.1, 0.15) is 19.3 Å². The lowest BCUT2D eigenvalue weighted by Gasteiger charge is -2.28. The highest BCUT2D eigenvalue weighted by molar-refractivity contribution is 7.45. The van der Waals surface area contributed by atoms with Crippen LogP contribution < -0.4 is 4.89 Å². The second-order valence-corrected chi connectivity index (χ2v) is 18.2. The van der Waals surface area contributed by atoms with Gasteiger partial charge < -0.3 is 27.9 Å². The third-order valence-corrected chi connectivity index (χ3v) is 10.8. The van der Waals surface area contributed by atoms with Crippen LogP contribution in [0.25, 0.3) is 0 Å². The van der Waals surface area contributed by atoms with Gasteiger partial charge in [0, 0.05) is 13.0 Å². The predicted octanol–water partition coefficient (Wildman–Crippen LogP) is 13.5. The molecule has 0 aromatic rings. The minimum atomic E-state index is -4.53. The molecule has 0 aliphatic rings. The first kappa shape index (κ1) is 56.2. The zero-order valence-corrected chi connectivity index (χ0v) is 39.1. The summed E-state index contributed by atoms with van der Waals surface area (Å²) in [5.41, 5.74) is 0. The zero-order chi connectivity index (χ0) is 42.7. The first-order chi connectivity index (χ1) is 28.1. The molecule has 0 bridgehead atoms. The Hall–Kier alpha value is -1.80. The van der Waals surface area contributed by atoms with E-state index in [9.17, 15) is 14.3 Å². The minimum Gasteiger partial charge on any atom is -0.756 e. The van der Waals surface area contributed by atoms with E-state index in [1.165, 1.54) is 96.3 Å². The number of phosphoric ester groups is 1. The first-order valence-electron chi connectivity index (χ1n) is 23.5. The minimum absolute atomic E-state index is 0.0237. The maximum Gasteiger partial charge on any atom is 0.306 e. The molecule has 0 radical (unpaired) electrons. The van der Waals surface area contributed by atoms with Gasteiger partial charge in [0.15, 0.2) is 0 Å². The third kappa shape index (κ3) is 45.3. The first-order valence-corrected chi connectivity index (χ1v) is 25.0. The van der Waals surface area contributed by atoms with Gasteiger partial charge in [-0.15, -0.1) is 0 Å². The number of allylic oxidation sites excluding steroid dienone is 10. The van der Waals surface area contributed by atoms with E-state index in [-0.39, 0.29) is 25.8 Å². The third-order valence-electron chi connectivity index (χ3n) is 9.83. The van der Waals surface area contributed by atoms with Gasteiger partial charge in [-0.1, -0.05) is 184 Å². The van der Waals surface area contributed by atoms with E-state index in [1.807, 2.05) is 21.1 Å². The van der Waals surface area contributed by atoms with E-state index in [1.54, 1.807) is 0 Å². The molecule has 2 atom stereocenters. The monoisotopic (exact) mass is 836 g/mol. The summed E-state index contributed by atoms with van der Waals surface area (Å²) in [6.45, 7) is 5.29. The van der Waals surface area contributed by atoms with Gasteiger partial charge in [0.05, 0.1) is 34.4 Å². The van der Waals surface area contributed by atoms with Crippen LogP contribution in [0.2, 0.25) is 0 Å². The topological polar surface area (TPSA) is 94.1 Å². The molecule has 338 valence electrons. The van der Waals surface area contributed by atoms with Gasteiger partial charge in [-0.2, -0.15) is 0 Å². The second-order valence-electron chi connectivity index (χ2n) is 16.7. The molecule has 0 saturated heterocycles. The number of esters is 1. The van der Waals surface area contributed by atoms with Crippen molar-refractivity contribution in [2.75, 3.05) is 54.1 Å². The van der Waals surface area contributed by atoms with Crippen LogP contribution in [0.4, 0.5) is 0 Å². The number of quaternary nitrogens is 1. The van der Waals surface area contributed by atoms with Crippen LogP contribution in [0.3, 0.4) is 0 Å². The molecule has 0 fully saturated rings. The molecular formula is C49H90NO7P. The SMILES string of the molecule is CC/C=C\C/C=C\C/C=C\C/C=C\C/C=C\CCCCCCCCCCCC(=O)OC(COCCCCCCCCCCCCC)COP(=O)([O-])OCC[N+](C)(C)C. The van der Waals surface area contributed by atoms with Gasteiger partial charge in [-0.25, -0.2) is 0 Å². The van der Waals surface area contributed by atoms with Crippen LogP contribution in [-0.2, 0) is 27.9 Å². The summed E-state index contributed by atoms with van der Waals surface area (Å²) in [4.78, 5) is 25.1. The maximum absolute atomic E-state index is 12.7. The van der Waals surface area contributed by atoms with Crippen LogP contribution >= 0.6 is 7.82 Å². The predicted molar refractivity (Wildman–Crippen MR) is 245 cm³/mol. The molecule has 0 aromatic carbocycles. The molecular weight excluding hydrogens is 746 g/mol. The highest BCUT2D eigenvalue weighted by Gasteiger charge is 2.20. The van der Waals surface area contributed by atoms with E-state index in [0.717, 1.165) is 70.6 Å². The lowest BCUT2D eigenvalue weighted by atomic mass is 10.1. The Labute approximate surface area is 358 Å². The van der Waals surface area contributed by atoms with E-state index in [2.05, 4.69) is 74.6 Å². The molecule has 0 spiro atoms. The fourth-order valence-corrected chi connectivity index (χ4v) is 6.95. The average Bonchev–Trinajstić information content (AvgIpc) is 3.18. The Morgan fingerprint density at radius 3 is 1.50 bits per heavy atom. The summed E-state index contributed by atoms with van der Waals surface area (Å²) in [5.74, 6) is -0.342. The number of rotatable bonds is 43. The van der Waals surface area contributed by atoms with Gasteiger partial charge >= 0.3 is 5.97 Å². The molecule has 0 amide bonds. The van der Waals surface area contributed by atoms with Crippen molar-refractivity contribution in [1.29, 1.82) is 0 Å². The van der Waals surface area contributed by atoms with Crippen molar-refractivity contribution in [3.63, 3.8) is 0 Å². The molecule has 8 nitrogen and oxygen atoms in total. The van der Waals surface area contributed by atoms with Crippen molar-refractivity contribution in [3.05, 3.63) is 60.8 Å². The number of hydrogen-bond acceptors (Lipinski definition) is 7. The molecule has 0 saturated carbocycles. The maximum atomic E-state index is 12.7. The Morgan fingerprint density at radius 1 is 0.552 bits per heavy atom. The standard InChI is InChI=1S/C49H90NO7P/c1-6-8-10-12-14-16-18-19-20-21-22-23-24-25-26-27-28-29-30-31-32-34-36-38-40-42-49(51)57-48(47-56-58(52,53)55-45-43-50(3,4)5)46-54-44-41-39-37-35-33-17-15-13-11-9-7-2/h8,10,14,16,19-20,22-23,25-26,48H,6-7,9,11-13,15,17-18,21,24,27-47H2,1-5H3/b10-8-,16-14-,20-19-,23-22-,26-25-. The Morgan fingerprint density at radius 2 is 1.00 bits per heavy atom. The fourth-order valence-electron chi connectivity index (χ4n) is 6.22. The van der Waals surface area contributed by atoms with Gasteiger partial charge in [0.25, 0.3) is 7.82 Å². The van der Waals surface area contributed by atoms with E-state index >= 15 is 0 Å². The normalized spacial score (nSPS) is 14.2. The largest absolute Gasteiger partial charge is 0.756 e. The van der Waals surface area contributed by atoms with Gasteiger partial charge in [-0.3, -0.25) is 9.36 Å². The quantitative estimate of drug-likeness (QED) is 0.0198. The molecule has 9 heteroatoms. The molecule has 0 heterocycles. The summed E-state index contributed by atoms with van der Waals surface area (Å²) in [5, 5.41) is 0. The number of ether oxygens (including phenoxy) is 2. The number of carbonyl (C=O) groups excluding carboxylic acids is 1. The lowest BCUT2D eigenvalue weighted by Crippen LogP contribution is -2.37. The number of hydrogen-bond donors (Lipinski definition) is 0. The van der Waals surface area contributed by atoms with Gasteiger partial charge in [-0.05, 0) is 57.8 Å². The summed E-state index contributed by atoms with van der Waals surface area (Å²) >= 11 is 0. The Bertz CT molecular complexity index is 1110. The fraction of sp³-hybridized carbons (Fsp3) is 0.776. The van der Waals surface area contributed by atoms with Crippen molar-refractivity contribution in [2.45, 2.75) is 193 Å². The van der Waals surface area contributed by atoms with Crippen molar-refractivity contribution >= 4 is 13.8 Å². The molecule has 0 N–H and O–H groups in total. The zero-order valence-electron chi connectivity index (χ0n) is 38.2. The summed E-state index contributed by atoms with van der Waals surface area (Å²) in [6.07, 6.45) is 52.3. The lowest BCUT2D eigenvalue weighted by molar-refractivity contribution is -0.870. The number of unbranched alkanes of at least 4 members (excludes halogenated alkanes) is 19. The molecule has 2 unspecified atom stereocenters.